The molecule has 78 valence electrons. The summed E-state index contributed by atoms with van der Waals surface area (Å²) in [7, 11) is 0. The monoisotopic (exact) mass is 287 g/mol. The van der Waals surface area contributed by atoms with Crippen molar-refractivity contribution in [1.29, 1.82) is 0 Å². The summed E-state index contributed by atoms with van der Waals surface area (Å²) in [4.78, 5) is 24.1. The number of rotatable bonds is 1. The fourth-order valence-corrected chi connectivity index (χ4v) is 2.37. The highest BCUT2D eigenvalue weighted by Crippen LogP contribution is 2.32. The lowest BCUT2D eigenvalue weighted by Gasteiger charge is -2.15. The van der Waals surface area contributed by atoms with Gasteiger partial charge in [0.25, 0.3) is 0 Å². The molecule has 2 amide bonds. The summed E-state index contributed by atoms with van der Waals surface area (Å²) < 4.78 is 0.651. The summed E-state index contributed by atoms with van der Waals surface area (Å²) in [6.07, 6.45) is 0.571. The normalized spacial score (nSPS) is 16.3. The summed E-state index contributed by atoms with van der Waals surface area (Å²) in [5, 5.41) is 0.560. The van der Waals surface area contributed by atoms with Gasteiger partial charge in [-0.1, -0.05) is 11.6 Å². The van der Waals surface area contributed by atoms with Gasteiger partial charge >= 0.3 is 0 Å². The van der Waals surface area contributed by atoms with E-state index in [4.69, 9.17) is 11.6 Å². The number of anilines is 1. The van der Waals surface area contributed by atoms with E-state index >= 15 is 0 Å². The Morgan fingerprint density at radius 1 is 1.20 bits per heavy atom. The van der Waals surface area contributed by atoms with Gasteiger partial charge in [-0.15, -0.1) is 0 Å². The summed E-state index contributed by atoms with van der Waals surface area (Å²) in [5.41, 5.74) is 0.562. The molecule has 0 unspecified atom stereocenters. The number of hydrogen-bond acceptors (Lipinski definition) is 2. The molecular formula is C10H7BrClNO2. The minimum atomic E-state index is -0.164. The van der Waals surface area contributed by atoms with Gasteiger partial charge < -0.3 is 0 Å². The fraction of sp³-hybridized carbons (Fsp3) is 0.200. The molecule has 0 N–H and O–H groups in total. The van der Waals surface area contributed by atoms with Crippen LogP contribution in [0.3, 0.4) is 0 Å². The van der Waals surface area contributed by atoms with E-state index in [-0.39, 0.29) is 24.7 Å². The minimum absolute atomic E-state index is 0.164. The third kappa shape index (κ3) is 1.92. The standard InChI is InChI=1S/C10H7BrClNO2/c11-7-5-6(12)1-2-8(7)13-9(14)3-4-10(13)15/h1-2,5H,3-4H2. The van der Waals surface area contributed by atoms with Crippen LogP contribution in [0.2, 0.25) is 5.02 Å². The van der Waals surface area contributed by atoms with Crippen LogP contribution in [0.4, 0.5) is 5.69 Å². The average molecular weight is 289 g/mol. The van der Waals surface area contributed by atoms with E-state index in [0.717, 1.165) is 0 Å². The molecule has 1 heterocycles. The van der Waals surface area contributed by atoms with Gasteiger partial charge in [0.05, 0.1) is 5.69 Å². The van der Waals surface area contributed by atoms with E-state index in [9.17, 15) is 9.59 Å². The molecule has 1 aliphatic rings. The van der Waals surface area contributed by atoms with Crippen molar-refractivity contribution < 1.29 is 9.59 Å². The Kier molecular flexibility index (Phi) is 2.80. The van der Waals surface area contributed by atoms with E-state index in [2.05, 4.69) is 15.9 Å². The molecule has 0 spiro atoms. The molecule has 2 rings (SSSR count). The Morgan fingerprint density at radius 2 is 1.80 bits per heavy atom. The third-order valence-corrected chi connectivity index (χ3v) is 3.07. The number of amides is 2. The number of carbonyl (C=O) groups is 2. The summed E-state index contributed by atoms with van der Waals surface area (Å²) >= 11 is 9.06. The number of hydrogen-bond donors (Lipinski definition) is 0. The van der Waals surface area contributed by atoms with Gasteiger partial charge in [-0.25, -0.2) is 4.90 Å². The molecule has 0 aromatic heterocycles. The summed E-state index contributed by atoms with van der Waals surface area (Å²) in [6, 6.07) is 4.98. The molecule has 0 aliphatic carbocycles. The molecule has 15 heavy (non-hydrogen) atoms. The van der Waals surface area contributed by atoms with Crippen LogP contribution in [0.1, 0.15) is 12.8 Å². The van der Waals surface area contributed by atoms with Crippen molar-refractivity contribution in [2.75, 3.05) is 4.90 Å². The maximum atomic E-state index is 11.5. The van der Waals surface area contributed by atoms with Crippen LogP contribution < -0.4 is 4.90 Å². The van der Waals surface area contributed by atoms with Crippen molar-refractivity contribution >= 4 is 45.0 Å². The van der Waals surface area contributed by atoms with Crippen molar-refractivity contribution in [3.63, 3.8) is 0 Å². The largest absolute Gasteiger partial charge is 0.274 e. The molecule has 1 aromatic carbocycles. The van der Waals surface area contributed by atoms with Crippen LogP contribution in [0.25, 0.3) is 0 Å². The maximum absolute atomic E-state index is 11.5. The molecule has 0 atom stereocenters. The third-order valence-electron chi connectivity index (χ3n) is 2.20. The average Bonchev–Trinajstić information content (AvgIpc) is 2.48. The van der Waals surface area contributed by atoms with Crippen LogP contribution in [-0.4, -0.2) is 11.8 Å². The van der Waals surface area contributed by atoms with Gasteiger partial charge in [-0.3, -0.25) is 9.59 Å². The zero-order chi connectivity index (χ0) is 11.0. The van der Waals surface area contributed by atoms with Crippen LogP contribution in [-0.2, 0) is 9.59 Å². The second-order valence-corrected chi connectivity index (χ2v) is 4.51. The van der Waals surface area contributed by atoms with E-state index in [1.54, 1.807) is 18.2 Å². The minimum Gasteiger partial charge on any atom is -0.274 e. The lowest BCUT2D eigenvalue weighted by atomic mass is 10.3. The number of halogens is 2. The van der Waals surface area contributed by atoms with Gasteiger partial charge in [0.15, 0.2) is 0 Å². The molecule has 3 nitrogen and oxygen atoms in total. The first-order valence-electron chi connectivity index (χ1n) is 4.40. The maximum Gasteiger partial charge on any atom is 0.234 e. The second-order valence-electron chi connectivity index (χ2n) is 3.22. The Morgan fingerprint density at radius 3 is 2.33 bits per heavy atom. The van der Waals surface area contributed by atoms with Gasteiger partial charge in [0.1, 0.15) is 0 Å². The molecule has 5 heteroatoms. The van der Waals surface area contributed by atoms with Crippen molar-refractivity contribution in [2.24, 2.45) is 0 Å². The Balaban J connectivity index is 2.45. The lowest BCUT2D eigenvalue weighted by molar-refractivity contribution is -0.121. The van der Waals surface area contributed by atoms with Gasteiger partial charge in [0, 0.05) is 22.3 Å². The van der Waals surface area contributed by atoms with E-state index < -0.39 is 0 Å². The van der Waals surface area contributed by atoms with Crippen LogP contribution in [0.15, 0.2) is 22.7 Å². The van der Waals surface area contributed by atoms with E-state index in [0.29, 0.717) is 15.2 Å². The molecular weight excluding hydrogens is 281 g/mol. The number of benzene rings is 1. The summed E-state index contributed by atoms with van der Waals surface area (Å²) in [6.45, 7) is 0. The van der Waals surface area contributed by atoms with Crippen molar-refractivity contribution in [3.8, 4) is 0 Å². The van der Waals surface area contributed by atoms with Crippen molar-refractivity contribution in [1.82, 2.24) is 0 Å². The fourth-order valence-electron chi connectivity index (χ4n) is 1.51. The lowest BCUT2D eigenvalue weighted by Crippen LogP contribution is -2.28. The zero-order valence-electron chi connectivity index (χ0n) is 7.67. The SMILES string of the molecule is O=C1CCC(=O)N1c1ccc(Cl)cc1Br. The van der Waals surface area contributed by atoms with Gasteiger partial charge in [0.2, 0.25) is 11.8 Å². The number of nitrogens with zero attached hydrogens (tertiary/aromatic N) is 1. The van der Waals surface area contributed by atoms with Crippen LogP contribution in [0, 0.1) is 0 Å². The van der Waals surface area contributed by atoms with Gasteiger partial charge in [-0.05, 0) is 34.1 Å². The molecule has 0 radical (unpaired) electrons. The molecule has 1 aliphatic heterocycles. The Bertz CT molecular complexity index is 431. The zero-order valence-corrected chi connectivity index (χ0v) is 10.0. The Labute approximate surface area is 100 Å². The first kappa shape index (κ1) is 10.6. The molecule has 0 bridgehead atoms. The predicted molar refractivity (Wildman–Crippen MR) is 60.9 cm³/mol. The first-order valence-corrected chi connectivity index (χ1v) is 5.57. The molecule has 1 aromatic rings. The highest BCUT2D eigenvalue weighted by atomic mass is 79.9. The first-order chi connectivity index (χ1) is 7.09. The van der Waals surface area contributed by atoms with Crippen LogP contribution >= 0.6 is 27.5 Å². The smallest absolute Gasteiger partial charge is 0.234 e. The molecule has 1 saturated heterocycles. The predicted octanol–water partition coefficient (Wildman–Crippen LogP) is 2.76. The van der Waals surface area contributed by atoms with Crippen molar-refractivity contribution in [2.45, 2.75) is 12.8 Å². The Hall–Kier alpha value is -0.870. The van der Waals surface area contributed by atoms with E-state index in [1.807, 2.05) is 0 Å². The molecule has 0 saturated carbocycles. The van der Waals surface area contributed by atoms with Crippen LogP contribution in [0.5, 0.6) is 0 Å². The topological polar surface area (TPSA) is 37.4 Å². The van der Waals surface area contributed by atoms with Gasteiger partial charge in [-0.2, -0.15) is 0 Å². The highest BCUT2D eigenvalue weighted by Gasteiger charge is 2.31. The highest BCUT2D eigenvalue weighted by molar-refractivity contribution is 9.10. The number of imide groups is 1. The number of carbonyl (C=O) groups excluding carboxylic acids is 2. The second kappa shape index (κ2) is 3.94. The van der Waals surface area contributed by atoms with Crippen molar-refractivity contribution in [3.05, 3.63) is 27.7 Å². The van der Waals surface area contributed by atoms with E-state index in [1.165, 1.54) is 4.90 Å². The summed E-state index contributed by atoms with van der Waals surface area (Å²) in [5.74, 6) is -0.328. The quantitative estimate of drug-likeness (QED) is 0.745. The molecule has 1 fully saturated rings.